The highest BCUT2D eigenvalue weighted by molar-refractivity contribution is 7.85. The number of aromatic nitrogens is 2. The molecule has 3 nitrogen and oxygen atoms in total. The molecular weight excluding hydrogens is 832 g/mol. The first-order valence-corrected chi connectivity index (χ1v) is 25.0. The number of hydrogen-bond donors (Lipinski definition) is 0. The van der Waals surface area contributed by atoms with Crippen LogP contribution in [-0.2, 0) is 9.98 Å². The number of nitrogens with zero attached hydrogens (tertiary/aromatic N) is 2. The normalized spacial score (nSPS) is 16.9. The largest absolute Gasteiger partial charge is 0.309 e. The van der Waals surface area contributed by atoms with Gasteiger partial charge in [-0.3, -0.25) is 4.40 Å². The molecule has 0 bridgehead atoms. The second kappa shape index (κ2) is 15.7. The number of para-hydroxylation sites is 3. The van der Waals surface area contributed by atoms with Crippen LogP contribution in [0.4, 0.5) is 0 Å². The predicted molar refractivity (Wildman–Crippen MR) is 281 cm³/mol. The number of hydrogen-bond acceptors (Lipinski definition) is 2. The van der Waals surface area contributed by atoms with Crippen LogP contribution >= 0.6 is 7.14 Å². The third-order valence-corrected chi connectivity index (χ3v) is 17.6. The summed E-state index contributed by atoms with van der Waals surface area (Å²) in [5, 5.41) is 6.10. The zero-order chi connectivity index (χ0) is 44.5. The molecule has 0 aliphatic heterocycles. The molecule has 0 amide bonds. The molecule has 1 atom stereocenters. The van der Waals surface area contributed by atoms with E-state index in [1.165, 1.54) is 72.0 Å². The topological polar surface area (TPSA) is 34.4 Å². The van der Waals surface area contributed by atoms with Gasteiger partial charge in [-0.1, -0.05) is 206 Å². The Morgan fingerprint density at radius 1 is 0.537 bits per heavy atom. The lowest BCUT2D eigenvalue weighted by Crippen LogP contribution is -2.32. The van der Waals surface area contributed by atoms with E-state index in [9.17, 15) is 0 Å². The summed E-state index contributed by atoms with van der Waals surface area (Å²) in [6.07, 6.45) is 16.5. The van der Waals surface area contributed by atoms with E-state index in [1.807, 2.05) is 60.7 Å². The van der Waals surface area contributed by atoms with Gasteiger partial charge in [0.2, 0.25) is 0 Å². The average molecular weight is 877 g/mol. The van der Waals surface area contributed by atoms with Gasteiger partial charge in [0.25, 0.3) is 0 Å². The van der Waals surface area contributed by atoms with Crippen LogP contribution < -0.4 is 15.9 Å². The smallest absolute Gasteiger partial charge is 0.171 e. The van der Waals surface area contributed by atoms with E-state index >= 15 is 4.57 Å². The van der Waals surface area contributed by atoms with Crippen LogP contribution in [0.15, 0.2) is 248 Å². The third kappa shape index (κ3) is 6.05. The van der Waals surface area contributed by atoms with Gasteiger partial charge in [0, 0.05) is 26.7 Å². The Bertz CT molecular complexity index is 3790. The number of fused-ring (bicyclic) bond motifs is 10. The number of pyridine rings is 1. The van der Waals surface area contributed by atoms with Crippen molar-refractivity contribution >= 4 is 72.6 Å². The Hall–Kier alpha value is -7.84. The molecule has 318 valence electrons. The molecule has 8 aromatic carbocycles. The minimum Gasteiger partial charge on any atom is -0.309 e. The Balaban J connectivity index is 0.959. The molecule has 3 aliphatic carbocycles. The monoisotopic (exact) mass is 876 g/mol. The lowest BCUT2D eigenvalue weighted by atomic mass is 9.65. The fourth-order valence-corrected chi connectivity index (χ4v) is 14.1. The van der Waals surface area contributed by atoms with E-state index in [4.69, 9.17) is 4.98 Å². The molecule has 0 N–H and O–H groups in total. The zero-order valence-electron chi connectivity index (χ0n) is 36.9. The molecule has 2 aromatic heterocycles. The molecule has 0 saturated heterocycles. The van der Waals surface area contributed by atoms with Gasteiger partial charge in [0.15, 0.2) is 7.14 Å². The maximum atomic E-state index is 16.0. The van der Waals surface area contributed by atoms with Gasteiger partial charge < -0.3 is 4.57 Å². The number of allylic oxidation sites excluding steroid dienone is 10. The van der Waals surface area contributed by atoms with Gasteiger partial charge >= 0.3 is 0 Å². The van der Waals surface area contributed by atoms with Crippen molar-refractivity contribution in [2.45, 2.75) is 24.7 Å². The van der Waals surface area contributed by atoms with Crippen LogP contribution in [0.25, 0.3) is 60.6 Å². The first kappa shape index (κ1) is 39.5. The molecule has 0 spiro atoms. The van der Waals surface area contributed by atoms with Crippen LogP contribution in [0, 0.1) is 0 Å². The van der Waals surface area contributed by atoms with Crippen molar-refractivity contribution in [3.05, 3.63) is 270 Å². The summed E-state index contributed by atoms with van der Waals surface area (Å²) in [6.45, 7) is 0. The molecule has 13 rings (SSSR count). The van der Waals surface area contributed by atoms with Crippen LogP contribution in [-0.4, -0.2) is 9.38 Å². The molecule has 2 heterocycles. The van der Waals surface area contributed by atoms with Crippen molar-refractivity contribution in [2.24, 2.45) is 0 Å². The van der Waals surface area contributed by atoms with Crippen LogP contribution in [0.3, 0.4) is 0 Å². The number of benzene rings is 8. The van der Waals surface area contributed by atoms with E-state index in [2.05, 4.69) is 180 Å². The van der Waals surface area contributed by atoms with E-state index in [-0.39, 0.29) is 0 Å². The summed E-state index contributed by atoms with van der Waals surface area (Å²) in [5.74, 6) is 0. The fraction of sp³-hybridized carbons (Fsp3) is 0.0635. The summed E-state index contributed by atoms with van der Waals surface area (Å²) in [6, 6.07) is 71.0. The molecule has 0 fully saturated rings. The van der Waals surface area contributed by atoms with Crippen LogP contribution in [0.2, 0.25) is 0 Å². The van der Waals surface area contributed by atoms with Crippen molar-refractivity contribution in [3.63, 3.8) is 0 Å². The highest BCUT2D eigenvalue weighted by Crippen LogP contribution is 2.59. The lowest BCUT2D eigenvalue weighted by Gasteiger charge is -2.37. The first-order valence-electron chi connectivity index (χ1n) is 23.3. The second-order valence-corrected chi connectivity index (χ2v) is 20.8. The molecule has 0 saturated carbocycles. The van der Waals surface area contributed by atoms with E-state index < -0.39 is 12.6 Å². The molecule has 4 heteroatoms. The minimum absolute atomic E-state index is 0.644. The van der Waals surface area contributed by atoms with Crippen molar-refractivity contribution < 1.29 is 4.57 Å². The Morgan fingerprint density at radius 2 is 1.21 bits per heavy atom. The van der Waals surface area contributed by atoms with Crippen LogP contribution in [0.5, 0.6) is 0 Å². The maximum Gasteiger partial charge on any atom is 0.171 e. The summed E-state index contributed by atoms with van der Waals surface area (Å²) in [5.41, 5.74) is 16.0. The van der Waals surface area contributed by atoms with Gasteiger partial charge in [0.1, 0.15) is 5.65 Å². The minimum atomic E-state index is -3.27. The highest BCUT2D eigenvalue weighted by atomic mass is 31.2. The van der Waals surface area contributed by atoms with E-state index in [1.54, 1.807) is 0 Å². The number of rotatable bonds is 7. The number of imidazole rings is 1. The van der Waals surface area contributed by atoms with Gasteiger partial charge in [-0.25, -0.2) is 4.98 Å². The molecule has 0 radical (unpaired) electrons. The predicted octanol–water partition coefficient (Wildman–Crippen LogP) is 14.5. The van der Waals surface area contributed by atoms with Gasteiger partial charge in [-0.05, 0) is 111 Å². The van der Waals surface area contributed by atoms with E-state index in [0.717, 1.165) is 57.2 Å². The molecule has 67 heavy (non-hydrogen) atoms. The summed E-state index contributed by atoms with van der Waals surface area (Å²) in [7, 11) is -3.27. The van der Waals surface area contributed by atoms with Crippen molar-refractivity contribution in [1.82, 2.24) is 9.38 Å². The SMILES string of the molecule is O=P(c1ccccc1)(c1ccccc1)c1ccc2c(c1)C(C1=CC=CCC=C1)(c1ccccc1)C1=C2CCC(c2ccc(-c3ccc4c5ccccc5n5c6ccccc6nc5c4c3)cc2)=C1. The van der Waals surface area contributed by atoms with Gasteiger partial charge in [-0.2, -0.15) is 0 Å². The Kier molecular flexibility index (Phi) is 9.24. The first-order chi connectivity index (χ1) is 33.1. The molecular formula is C63H45N2OP. The fourth-order valence-electron chi connectivity index (χ4n) is 11.4. The van der Waals surface area contributed by atoms with Gasteiger partial charge in [0.05, 0.1) is 22.0 Å². The maximum absolute atomic E-state index is 16.0. The molecule has 1 unspecified atom stereocenters. The van der Waals surface area contributed by atoms with Crippen LogP contribution in [0.1, 0.15) is 41.5 Å². The summed E-state index contributed by atoms with van der Waals surface area (Å²) in [4.78, 5) is 5.19. The van der Waals surface area contributed by atoms with Crippen molar-refractivity contribution in [3.8, 4) is 11.1 Å². The van der Waals surface area contributed by atoms with Crippen molar-refractivity contribution in [2.75, 3.05) is 0 Å². The molecule has 10 aromatic rings. The Labute approximate surface area is 390 Å². The quantitative estimate of drug-likeness (QED) is 0.118. The van der Waals surface area contributed by atoms with Gasteiger partial charge in [-0.15, -0.1) is 0 Å². The lowest BCUT2D eigenvalue weighted by molar-refractivity contribution is 0.592. The Morgan fingerprint density at radius 3 is 1.99 bits per heavy atom. The van der Waals surface area contributed by atoms with Crippen molar-refractivity contribution in [1.29, 1.82) is 0 Å². The highest BCUT2D eigenvalue weighted by Gasteiger charge is 2.49. The second-order valence-electron chi connectivity index (χ2n) is 18.0. The van der Waals surface area contributed by atoms with E-state index in [0.29, 0.717) is 0 Å². The summed E-state index contributed by atoms with van der Waals surface area (Å²) >= 11 is 0. The third-order valence-electron chi connectivity index (χ3n) is 14.5. The standard InChI is InChI=1S/C63H45N2OP/c66-67(49-22-10-4-11-23-49,50-24-12-5-13-25-50)51-36-39-54-53-38-35-46(41-57(53)63(58(54)42-51,48-20-8-3-9-21-48)47-18-6-1-2-7-19-47)44-32-30-43(31-33-44)45-34-37-52-55-26-14-16-28-60(55)65-61-29-17-15-27-59(61)64-62(65)56(52)40-45/h1,3-34,36-37,39-42H,2,35,38H2. The molecule has 3 aliphatic rings. The summed E-state index contributed by atoms with van der Waals surface area (Å²) < 4.78 is 18.3. The average Bonchev–Trinajstić information content (AvgIpc) is 3.79. The zero-order valence-corrected chi connectivity index (χ0v) is 37.8.